The molecule has 1 aliphatic heterocycles. The van der Waals surface area contributed by atoms with Gasteiger partial charge in [-0.05, 0) is 55.5 Å². The summed E-state index contributed by atoms with van der Waals surface area (Å²) >= 11 is 5.91. The van der Waals surface area contributed by atoms with Crippen molar-refractivity contribution in [1.82, 2.24) is 4.98 Å². The van der Waals surface area contributed by atoms with E-state index in [0.717, 1.165) is 43.0 Å². The molecule has 4 heteroatoms. The van der Waals surface area contributed by atoms with Crippen LogP contribution in [0.4, 0.5) is 5.82 Å². The molecule has 1 aromatic carbocycles. The molecule has 0 aliphatic carbocycles. The number of pyridine rings is 1. The molecule has 1 N–H and O–H groups in total. The SMILES string of the molecule is Cc1cccc(N2CCC(C(O)c3ccc(Cl)cc3)CC2)n1. The summed E-state index contributed by atoms with van der Waals surface area (Å²) in [5.74, 6) is 1.33. The number of anilines is 1. The van der Waals surface area contributed by atoms with E-state index in [2.05, 4.69) is 16.0 Å². The van der Waals surface area contributed by atoms with Gasteiger partial charge in [-0.2, -0.15) is 0 Å². The van der Waals surface area contributed by atoms with Crippen LogP contribution in [-0.4, -0.2) is 23.2 Å². The highest BCUT2D eigenvalue weighted by atomic mass is 35.5. The number of piperidine rings is 1. The number of aliphatic hydroxyl groups excluding tert-OH is 1. The number of halogens is 1. The zero-order valence-electron chi connectivity index (χ0n) is 12.7. The van der Waals surface area contributed by atoms with Gasteiger partial charge in [0.25, 0.3) is 0 Å². The van der Waals surface area contributed by atoms with Crippen molar-refractivity contribution in [3.05, 3.63) is 58.7 Å². The number of nitrogens with zero attached hydrogens (tertiary/aromatic N) is 2. The van der Waals surface area contributed by atoms with Gasteiger partial charge >= 0.3 is 0 Å². The minimum atomic E-state index is -0.412. The van der Waals surface area contributed by atoms with Gasteiger partial charge in [0.1, 0.15) is 5.82 Å². The van der Waals surface area contributed by atoms with E-state index in [1.807, 2.05) is 43.3 Å². The number of benzene rings is 1. The molecule has 3 nitrogen and oxygen atoms in total. The van der Waals surface area contributed by atoms with Crippen LogP contribution in [0.2, 0.25) is 5.02 Å². The molecule has 1 fully saturated rings. The molecular weight excluding hydrogens is 296 g/mol. The topological polar surface area (TPSA) is 36.4 Å². The maximum atomic E-state index is 10.6. The van der Waals surface area contributed by atoms with Gasteiger partial charge in [0.15, 0.2) is 0 Å². The lowest BCUT2D eigenvalue weighted by molar-refractivity contribution is 0.0929. The molecule has 116 valence electrons. The lowest BCUT2D eigenvalue weighted by Crippen LogP contribution is -2.36. The van der Waals surface area contributed by atoms with Crippen LogP contribution >= 0.6 is 11.6 Å². The fourth-order valence-electron chi connectivity index (χ4n) is 3.08. The summed E-state index contributed by atoms with van der Waals surface area (Å²) in [5, 5.41) is 11.3. The number of aromatic nitrogens is 1. The van der Waals surface area contributed by atoms with Crippen LogP contribution in [0.1, 0.15) is 30.2 Å². The Bertz CT molecular complexity index is 621. The molecule has 3 rings (SSSR count). The predicted octanol–water partition coefficient (Wildman–Crippen LogP) is 3.99. The van der Waals surface area contributed by atoms with Crippen LogP contribution in [0.25, 0.3) is 0 Å². The summed E-state index contributed by atoms with van der Waals surface area (Å²) in [6.45, 7) is 3.89. The number of hydrogen-bond donors (Lipinski definition) is 1. The molecule has 1 saturated heterocycles. The smallest absolute Gasteiger partial charge is 0.128 e. The van der Waals surface area contributed by atoms with Gasteiger partial charge in [-0.1, -0.05) is 29.8 Å². The largest absolute Gasteiger partial charge is 0.388 e. The van der Waals surface area contributed by atoms with Crippen molar-refractivity contribution in [2.75, 3.05) is 18.0 Å². The van der Waals surface area contributed by atoms with Crippen molar-refractivity contribution in [1.29, 1.82) is 0 Å². The molecule has 0 radical (unpaired) electrons. The molecule has 1 aliphatic rings. The van der Waals surface area contributed by atoms with Gasteiger partial charge < -0.3 is 10.0 Å². The Labute approximate surface area is 136 Å². The maximum absolute atomic E-state index is 10.6. The van der Waals surface area contributed by atoms with Gasteiger partial charge in [0.2, 0.25) is 0 Å². The van der Waals surface area contributed by atoms with E-state index in [-0.39, 0.29) is 0 Å². The zero-order valence-corrected chi connectivity index (χ0v) is 13.5. The summed E-state index contributed by atoms with van der Waals surface area (Å²) in [6, 6.07) is 13.6. The maximum Gasteiger partial charge on any atom is 0.128 e. The highest BCUT2D eigenvalue weighted by Gasteiger charge is 2.26. The number of hydrogen-bond acceptors (Lipinski definition) is 3. The Morgan fingerprint density at radius 2 is 1.82 bits per heavy atom. The molecule has 1 unspecified atom stereocenters. The Balaban J connectivity index is 1.62. The Kier molecular flexibility index (Phi) is 4.65. The molecule has 0 bridgehead atoms. The van der Waals surface area contributed by atoms with Crippen molar-refractivity contribution in [3.8, 4) is 0 Å². The van der Waals surface area contributed by atoms with Crippen LogP contribution in [0, 0.1) is 12.8 Å². The molecule has 1 atom stereocenters. The molecule has 22 heavy (non-hydrogen) atoms. The molecule has 2 aromatic rings. The van der Waals surface area contributed by atoms with Gasteiger partial charge in [-0.15, -0.1) is 0 Å². The van der Waals surface area contributed by atoms with Gasteiger partial charge in [-0.3, -0.25) is 0 Å². The molecule has 0 amide bonds. The van der Waals surface area contributed by atoms with Gasteiger partial charge in [-0.25, -0.2) is 4.98 Å². The highest BCUT2D eigenvalue weighted by molar-refractivity contribution is 6.30. The van der Waals surface area contributed by atoms with Crippen LogP contribution in [0.15, 0.2) is 42.5 Å². The van der Waals surface area contributed by atoms with Crippen LogP contribution in [0.5, 0.6) is 0 Å². The van der Waals surface area contributed by atoms with Crippen LogP contribution in [-0.2, 0) is 0 Å². The standard InChI is InChI=1S/C18H21ClN2O/c1-13-3-2-4-17(20-13)21-11-9-15(10-12-21)18(22)14-5-7-16(19)8-6-14/h2-8,15,18,22H,9-12H2,1H3. The average molecular weight is 317 g/mol. The molecule has 1 aromatic heterocycles. The summed E-state index contributed by atoms with van der Waals surface area (Å²) in [6.07, 6.45) is 1.53. The fraction of sp³-hybridized carbons (Fsp3) is 0.389. The summed E-state index contributed by atoms with van der Waals surface area (Å²) in [7, 11) is 0. The van der Waals surface area contributed by atoms with Crippen molar-refractivity contribution in [3.63, 3.8) is 0 Å². The first-order valence-corrected chi connectivity index (χ1v) is 8.13. The zero-order chi connectivity index (χ0) is 15.5. The third-order valence-corrected chi connectivity index (χ3v) is 4.65. The Hall–Kier alpha value is -1.58. The first-order valence-electron chi connectivity index (χ1n) is 7.75. The second kappa shape index (κ2) is 6.67. The number of rotatable bonds is 3. The van der Waals surface area contributed by atoms with E-state index in [9.17, 15) is 5.11 Å². The Morgan fingerprint density at radius 1 is 1.14 bits per heavy atom. The second-order valence-electron chi connectivity index (χ2n) is 5.96. The van der Waals surface area contributed by atoms with E-state index in [4.69, 9.17) is 11.6 Å². The minimum absolute atomic E-state index is 0.294. The third kappa shape index (κ3) is 3.42. The second-order valence-corrected chi connectivity index (χ2v) is 6.39. The number of aliphatic hydroxyl groups is 1. The normalized spacial score (nSPS) is 17.5. The first kappa shape index (κ1) is 15.3. The van der Waals surface area contributed by atoms with E-state index in [0.29, 0.717) is 10.9 Å². The molecule has 0 saturated carbocycles. The van der Waals surface area contributed by atoms with Gasteiger partial charge in [0, 0.05) is 23.8 Å². The monoisotopic (exact) mass is 316 g/mol. The van der Waals surface area contributed by atoms with Crippen molar-refractivity contribution < 1.29 is 5.11 Å². The van der Waals surface area contributed by atoms with Crippen LogP contribution < -0.4 is 4.90 Å². The summed E-state index contributed by atoms with van der Waals surface area (Å²) in [4.78, 5) is 6.89. The van der Waals surface area contributed by atoms with Crippen molar-refractivity contribution in [2.45, 2.75) is 25.9 Å². The highest BCUT2D eigenvalue weighted by Crippen LogP contribution is 2.32. The first-order chi connectivity index (χ1) is 10.6. The molecule has 0 spiro atoms. The van der Waals surface area contributed by atoms with E-state index < -0.39 is 6.10 Å². The summed E-state index contributed by atoms with van der Waals surface area (Å²) in [5.41, 5.74) is 2.00. The predicted molar refractivity (Wildman–Crippen MR) is 90.3 cm³/mol. The summed E-state index contributed by atoms with van der Waals surface area (Å²) < 4.78 is 0. The molecular formula is C18H21ClN2O. The van der Waals surface area contributed by atoms with Crippen molar-refractivity contribution >= 4 is 17.4 Å². The van der Waals surface area contributed by atoms with Crippen molar-refractivity contribution in [2.24, 2.45) is 5.92 Å². The Morgan fingerprint density at radius 3 is 2.45 bits per heavy atom. The van der Waals surface area contributed by atoms with Gasteiger partial charge in [0.05, 0.1) is 6.10 Å². The average Bonchev–Trinajstić information content (AvgIpc) is 2.55. The lowest BCUT2D eigenvalue weighted by Gasteiger charge is -2.35. The number of aryl methyl sites for hydroxylation is 1. The third-order valence-electron chi connectivity index (χ3n) is 4.40. The van der Waals surface area contributed by atoms with E-state index >= 15 is 0 Å². The minimum Gasteiger partial charge on any atom is -0.388 e. The van der Waals surface area contributed by atoms with Crippen LogP contribution in [0.3, 0.4) is 0 Å². The van der Waals surface area contributed by atoms with E-state index in [1.165, 1.54) is 0 Å². The quantitative estimate of drug-likeness (QED) is 0.930. The molecule has 2 heterocycles. The fourth-order valence-corrected chi connectivity index (χ4v) is 3.21. The van der Waals surface area contributed by atoms with E-state index in [1.54, 1.807) is 0 Å². The lowest BCUT2D eigenvalue weighted by atomic mass is 9.87.